The molecule has 2 rings (SSSR count). The van der Waals surface area contributed by atoms with Gasteiger partial charge in [-0.3, -0.25) is 29.0 Å². The molecular weight excluding hydrogens is 712 g/mol. The predicted molar refractivity (Wildman–Crippen MR) is 207 cm³/mol. The van der Waals surface area contributed by atoms with Crippen LogP contribution in [0.25, 0.3) is 0 Å². The van der Waals surface area contributed by atoms with Crippen LogP contribution in [0.1, 0.15) is 84.6 Å². The van der Waals surface area contributed by atoms with Crippen molar-refractivity contribution in [3.63, 3.8) is 0 Å². The Balaban J connectivity index is 2.31. The normalized spacial score (nSPS) is 17.2. The number of hydrogen-bond acceptors (Lipinski definition) is 10. The highest BCUT2D eigenvalue weighted by atomic mass is 16.4. The third kappa shape index (κ3) is 15.4. The van der Waals surface area contributed by atoms with Gasteiger partial charge in [-0.1, -0.05) is 46.2 Å². The number of carbonyl (C=O) groups is 6. The summed E-state index contributed by atoms with van der Waals surface area (Å²) >= 11 is 0. The van der Waals surface area contributed by atoms with Gasteiger partial charge < -0.3 is 59.3 Å². The maximum absolute atomic E-state index is 14.0. The zero-order chi connectivity index (χ0) is 41.2. The van der Waals surface area contributed by atoms with Crippen molar-refractivity contribution in [2.45, 2.75) is 122 Å². The monoisotopic (exact) mass is 774 g/mol. The molecule has 1 saturated heterocycles. The van der Waals surface area contributed by atoms with E-state index >= 15 is 0 Å². The number of nitrogens with two attached hydrogens (primary N) is 4. The van der Waals surface area contributed by atoms with Gasteiger partial charge in [-0.25, -0.2) is 4.79 Å². The number of carboxylic acid groups (broad SMARTS) is 1. The standard InChI is InChI=1S/C37H62N10O8/c1-5-22(4)30(34(52)45-28(36(54)55)19-21(2)3)46-32(50)27(20-23-12-14-24(48)15-13-23)44-33(51)29-11-8-18-47(29)35(53)26(10-6-16-38)43-31(49)25(39)9-7-17-42-37(40)41/h12-15,21-22,25-30,48H,5-11,16-20,38-39H2,1-4H3,(H,43,49)(H,44,51)(H,45,52)(H,46,50)(H,54,55)(H4,40,41,42)/t22-,25-,26+,27-,28-,29-,30-/m0/s1. The van der Waals surface area contributed by atoms with Gasteiger partial charge in [0.15, 0.2) is 5.96 Å². The minimum atomic E-state index is -1.23. The van der Waals surface area contributed by atoms with Gasteiger partial charge in [-0.2, -0.15) is 0 Å². The van der Waals surface area contributed by atoms with E-state index in [2.05, 4.69) is 26.3 Å². The van der Waals surface area contributed by atoms with Crippen LogP contribution in [0, 0.1) is 11.8 Å². The summed E-state index contributed by atoms with van der Waals surface area (Å²) in [6.45, 7) is 8.00. The van der Waals surface area contributed by atoms with E-state index in [1.807, 2.05) is 20.8 Å². The first kappa shape index (κ1) is 46.2. The first-order chi connectivity index (χ1) is 26.0. The number of carboxylic acids is 1. The van der Waals surface area contributed by atoms with Gasteiger partial charge in [-0.05, 0) is 81.0 Å². The fourth-order valence-corrected chi connectivity index (χ4v) is 6.27. The number of phenolic OH excluding ortho intramolecular Hbond substituents is 1. The summed E-state index contributed by atoms with van der Waals surface area (Å²) in [4.78, 5) is 85.6. The molecule has 1 aromatic carbocycles. The molecule has 0 unspecified atom stereocenters. The van der Waals surface area contributed by atoms with Crippen molar-refractivity contribution in [2.24, 2.45) is 39.8 Å². The molecule has 0 spiro atoms. The number of aliphatic imine (C=N–C) groups is 1. The summed E-state index contributed by atoms with van der Waals surface area (Å²) in [6.07, 6.45) is 2.71. The minimum Gasteiger partial charge on any atom is -0.508 e. The van der Waals surface area contributed by atoms with E-state index in [4.69, 9.17) is 22.9 Å². The van der Waals surface area contributed by atoms with Gasteiger partial charge in [0, 0.05) is 19.5 Å². The smallest absolute Gasteiger partial charge is 0.326 e. The van der Waals surface area contributed by atoms with E-state index in [9.17, 15) is 39.0 Å². The summed E-state index contributed by atoms with van der Waals surface area (Å²) in [5.41, 5.74) is 23.1. The number of amides is 5. The van der Waals surface area contributed by atoms with E-state index < -0.39 is 77.7 Å². The van der Waals surface area contributed by atoms with E-state index in [0.29, 0.717) is 31.2 Å². The zero-order valence-electron chi connectivity index (χ0n) is 32.5. The Labute approximate surface area is 323 Å². The molecule has 18 nitrogen and oxygen atoms in total. The van der Waals surface area contributed by atoms with Gasteiger partial charge in [0.2, 0.25) is 29.5 Å². The molecule has 0 aliphatic carbocycles. The Morgan fingerprint density at radius 2 is 1.55 bits per heavy atom. The lowest BCUT2D eigenvalue weighted by atomic mass is 9.96. The highest BCUT2D eigenvalue weighted by molar-refractivity contribution is 5.96. The molecule has 1 aromatic rings. The Hall–Kier alpha value is -4.97. The molecule has 0 bridgehead atoms. The van der Waals surface area contributed by atoms with Crippen LogP contribution in [0.5, 0.6) is 5.75 Å². The molecule has 7 atom stereocenters. The molecule has 1 fully saturated rings. The molecule has 1 heterocycles. The largest absolute Gasteiger partial charge is 0.508 e. The Bertz CT molecular complexity index is 1470. The van der Waals surface area contributed by atoms with Crippen molar-refractivity contribution < 1.29 is 39.0 Å². The first-order valence-electron chi connectivity index (χ1n) is 19.0. The number of aliphatic carboxylic acids is 1. The number of hydrogen-bond donors (Lipinski definition) is 10. The van der Waals surface area contributed by atoms with Gasteiger partial charge in [-0.15, -0.1) is 0 Å². The number of guanidine groups is 1. The second-order valence-corrected chi connectivity index (χ2v) is 14.6. The minimum absolute atomic E-state index is 0.0000322. The maximum Gasteiger partial charge on any atom is 0.326 e. The van der Waals surface area contributed by atoms with E-state index in [-0.39, 0.29) is 69.4 Å². The van der Waals surface area contributed by atoms with Gasteiger partial charge in [0.25, 0.3) is 0 Å². The molecule has 14 N–H and O–H groups in total. The predicted octanol–water partition coefficient (Wildman–Crippen LogP) is -0.838. The van der Waals surface area contributed by atoms with E-state index in [1.165, 1.54) is 17.0 Å². The molecule has 1 aliphatic heterocycles. The number of aromatic hydroxyl groups is 1. The number of benzene rings is 1. The Kier molecular flexibility index (Phi) is 19.4. The summed E-state index contributed by atoms with van der Waals surface area (Å²) in [6, 6.07) is -0.401. The van der Waals surface area contributed by atoms with Crippen molar-refractivity contribution in [2.75, 3.05) is 19.6 Å². The molecule has 0 aromatic heterocycles. The first-order valence-corrected chi connectivity index (χ1v) is 19.0. The average Bonchev–Trinajstić information content (AvgIpc) is 3.63. The van der Waals surface area contributed by atoms with Gasteiger partial charge >= 0.3 is 5.97 Å². The average molecular weight is 775 g/mol. The van der Waals surface area contributed by atoms with Crippen LogP contribution < -0.4 is 44.2 Å². The van der Waals surface area contributed by atoms with Crippen LogP contribution >= 0.6 is 0 Å². The number of likely N-dealkylation sites (tertiary alicyclic amines) is 1. The third-order valence-electron chi connectivity index (χ3n) is 9.58. The second kappa shape index (κ2) is 23.1. The lowest BCUT2D eigenvalue weighted by molar-refractivity contribution is -0.143. The Morgan fingerprint density at radius 3 is 2.13 bits per heavy atom. The molecule has 55 heavy (non-hydrogen) atoms. The van der Waals surface area contributed by atoms with Crippen LogP contribution in [0.3, 0.4) is 0 Å². The number of carbonyl (C=O) groups excluding carboxylic acids is 5. The quantitative estimate of drug-likeness (QED) is 0.0370. The molecular formula is C37H62N10O8. The topological polar surface area (TPSA) is 311 Å². The molecule has 0 radical (unpaired) electrons. The lowest BCUT2D eigenvalue weighted by Crippen LogP contribution is -2.60. The lowest BCUT2D eigenvalue weighted by Gasteiger charge is -2.31. The zero-order valence-corrected chi connectivity index (χ0v) is 32.5. The highest BCUT2D eigenvalue weighted by Gasteiger charge is 2.40. The molecule has 5 amide bonds. The molecule has 308 valence electrons. The fraction of sp³-hybridized carbons (Fsp3) is 0.649. The second-order valence-electron chi connectivity index (χ2n) is 14.6. The van der Waals surface area contributed by atoms with Crippen molar-refractivity contribution in [3.8, 4) is 5.75 Å². The van der Waals surface area contributed by atoms with Crippen LogP contribution in [0.2, 0.25) is 0 Å². The maximum atomic E-state index is 14.0. The molecule has 1 aliphatic rings. The number of rotatable bonds is 23. The molecule has 18 heteroatoms. The summed E-state index contributed by atoms with van der Waals surface area (Å²) in [5, 5.41) is 30.4. The number of phenols is 1. The SMILES string of the molecule is CC[C@H](C)[C@H](NC(=O)[C@H](Cc1ccc(O)cc1)NC(=O)[C@@H]1CCCN1C(=O)[C@@H](CCCN)NC(=O)[C@@H](N)CCCN=C(N)N)C(=O)N[C@@H](CC(C)C)C(=O)O. The fourth-order valence-electron chi connectivity index (χ4n) is 6.27. The third-order valence-corrected chi connectivity index (χ3v) is 9.58. The summed E-state index contributed by atoms with van der Waals surface area (Å²) < 4.78 is 0. The van der Waals surface area contributed by atoms with Crippen LogP contribution in [-0.4, -0.2) is 112 Å². The number of nitrogens with zero attached hydrogens (tertiary/aromatic N) is 2. The van der Waals surface area contributed by atoms with Crippen molar-refractivity contribution in [1.29, 1.82) is 0 Å². The highest BCUT2D eigenvalue weighted by Crippen LogP contribution is 2.21. The van der Waals surface area contributed by atoms with E-state index in [0.717, 1.165) is 0 Å². The van der Waals surface area contributed by atoms with Crippen LogP contribution in [-0.2, 0) is 35.2 Å². The molecule has 0 saturated carbocycles. The van der Waals surface area contributed by atoms with Crippen molar-refractivity contribution in [1.82, 2.24) is 26.2 Å². The van der Waals surface area contributed by atoms with E-state index in [1.54, 1.807) is 19.1 Å². The van der Waals surface area contributed by atoms with Gasteiger partial charge in [0.05, 0.1) is 6.04 Å². The van der Waals surface area contributed by atoms with Crippen LogP contribution in [0.4, 0.5) is 0 Å². The summed E-state index contributed by atoms with van der Waals surface area (Å²) in [7, 11) is 0. The van der Waals surface area contributed by atoms with Crippen molar-refractivity contribution in [3.05, 3.63) is 29.8 Å². The summed E-state index contributed by atoms with van der Waals surface area (Å²) in [5.74, 6) is -4.73. The van der Waals surface area contributed by atoms with Crippen LogP contribution in [0.15, 0.2) is 29.3 Å². The Morgan fingerprint density at radius 1 is 0.891 bits per heavy atom. The number of nitrogens with one attached hydrogen (secondary N) is 4. The van der Waals surface area contributed by atoms with Gasteiger partial charge in [0.1, 0.15) is 36.0 Å². The van der Waals surface area contributed by atoms with Crippen molar-refractivity contribution >= 4 is 41.5 Å².